The summed E-state index contributed by atoms with van der Waals surface area (Å²) < 4.78 is 0. The minimum absolute atomic E-state index is 0.291. The Morgan fingerprint density at radius 3 is 1.41 bits per heavy atom. The van der Waals surface area contributed by atoms with Gasteiger partial charge in [-0.3, -0.25) is 0 Å². The van der Waals surface area contributed by atoms with E-state index in [9.17, 15) is 0 Å². The molecule has 32 heavy (non-hydrogen) atoms. The lowest BCUT2D eigenvalue weighted by molar-refractivity contribution is 0.796. The Bertz CT molecular complexity index is 1460. The zero-order chi connectivity index (χ0) is 21.3. The minimum Gasteiger partial charge on any atom is -0.0619 e. The third-order valence-corrected chi connectivity index (χ3v) is 7.38. The molecule has 0 saturated heterocycles. The zero-order valence-electron chi connectivity index (χ0n) is 18.0. The van der Waals surface area contributed by atoms with Gasteiger partial charge in [0.2, 0.25) is 0 Å². The summed E-state index contributed by atoms with van der Waals surface area (Å²) in [6.07, 6.45) is 0. The molecule has 0 saturated carbocycles. The van der Waals surface area contributed by atoms with E-state index in [4.69, 9.17) is 0 Å². The Hall–Kier alpha value is -3.90. The molecule has 0 nitrogen and oxygen atoms in total. The summed E-state index contributed by atoms with van der Waals surface area (Å²) >= 11 is 0. The average Bonchev–Trinajstić information content (AvgIpc) is 3.32. The van der Waals surface area contributed by atoms with Crippen LogP contribution in [0.1, 0.15) is 27.8 Å². The molecule has 1 spiro atoms. The van der Waals surface area contributed by atoms with Gasteiger partial charge in [-0.25, -0.2) is 0 Å². The molecule has 0 atom stereocenters. The predicted octanol–water partition coefficient (Wildman–Crippen LogP) is 8.01. The van der Waals surface area contributed by atoms with Crippen molar-refractivity contribution >= 4 is 0 Å². The van der Waals surface area contributed by atoms with Crippen LogP contribution in [0, 0.1) is 6.92 Å². The van der Waals surface area contributed by atoms with E-state index in [1.165, 1.54) is 61.2 Å². The van der Waals surface area contributed by atoms with Crippen LogP contribution in [0.25, 0.3) is 33.4 Å². The van der Waals surface area contributed by atoms with Gasteiger partial charge in [-0.05, 0) is 62.6 Å². The molecule has 0 aliphatic heterocycles. The van der Waals surface area contributed by atoms with Gasteiger partial charge in [0.15, 0.2) is 0 Å². The van der Waals surface area contributed by atoms with E-state index in [0.717, 1.165) is 0 Å². The second-order valence-corrected chi connectivity index (χ2v) is 8.98. The summed E-state index contributed by atoms with van der Waals surface area (Å²) in [5.74, 6) is 0. The fourth-order valence-electron chi connectivity index (χ4n) is 6.13. The number of aryl methyl sites for hydroxylation is 1. The Morgan fingerprint density at radius 1 is 0.406 bits per heavy atom. The maximum atomic E-state index is 2.34. The van der Waals surface area contributed by atoms with Gasteiger partial charge in [-0.1, -0.05) is 121 Å². The standard InChI is InChI=1S/C32H22/c1-21-17-19-22(20-18-21)23-12-8-13-27-26-11-4-7-16-30(26)32(31(23)27)28-14-5-2-9-24(28)25-10-3-6-15-29(25)32/h2-20H,1H3. The number of hydrogen-bond donors (Lipinski definition) is 0. The van der Waals surface area contributed by atoms with Crippen molar-refractivity contribution in [1.29, 1.82) is 0 Å². The predicted molar refractivity (Wildman–Crippen MR) is 133 cm³/mol. The van der Waals surface area contributed by atoms with Crippen LogP contribution in [0.2, 0.25) is 0 Å². The van der Waals surface area contributed by atoms with E-state index in [1.807, 2.05) is 0 Å². The lowest BCUT2D eigenvalue weighted by Gasteiger charge is -2.32. The fourth-order valence-corrected chi connectivity index (χ4v) is 6.13. The molecule has 0 radical (unpaired) electrons. The highest BCUT2D eigenvalue weighted by Crippen LogP contribution is 2.64. The molecule has 0 heterocycles. The highest BCUT2D eigenvalue weighted by molar-refractivity contribution is 5.98. The Kier molecular flexibility index (Phi) is 3.50. The van der Waals surface area contributed by atoms with Crippen LogP contribution in [0.15, 0.2) is 115 Å². The van der Waals surface area contributed by atoms with E-state index >= 15 is 0 Å². The maximum Gasteiger partial charge on any atom is 0.0731 e. The normalized spacial score (nSPS) is 14.0. The lowest BCUT2D eigenvalue weighted by atomic mass is 9.68. The first kappa shape index (κ1) is 17.7. The quantitative estimate of drug-likeness (QED) is 0.259. The summed E-state index contributed by atoms with van der Waals surface area (Å²) in [7, 11) is 0. The molecule has 2 aliphatic carbocycles. The third-order valence-electron chi connectivity index (χ3n) is 7.38. The molecule has 0 N–H and O–H groups in total. The summed E-state index contributed by atoms with van der Waals surface area (Å²) in [5.41, 5.74) is 14.6. The topological polar surface area (TPSA) is 0 Å². The van der Waals surface area contributed by atoms with Crippen LogP contribution < -0.4 is 0 Å². The van der Waals surface area contributed by atoms with Crippen LogP contribution in [0.5, 0.6) is 0 Å². The first-order valence-corrected chi connectivity index (χ1v) is 11.3. The SMILES string of the molecule is Cc1ccc(-c2cccc3c2C2(c4ccccc4-c4ccccc42)c2ccccc2-3)cc1. The molecule has 0 aromatic heterocycles. The van der Waals surface area contributed by atoms with E-state index < -0.39 is 0 Å². The monoisotopic (exact) mass is 406 g/mol. The molecular weight excluding hydrogens is 384 g/mol. The van der Waals surface area contributed by atoms with Crippen molar-refractivity contribution in [1.82, 2.24) is 0 Å². The number of hydrogen-bond acceptors (Lipinski definition) is 0. The van der Waals surface area contributed by atoms with E-state index in [-0.39, 0.29) is 5.41 Å². The highest BCUT2D eigenvalue weighted by atomic mass is 14.5. The zero-order valence-corrected chi connectivity index (χ0v) is 18.0. The van der Waals surface area contributed by atoms with Crippen LogP contribution in [-0.4, -0.2) is 0 Å². The van der Waals surface area contributed by atoms with E-state index in [2.05, 4.69) is 122 Å². The van der Waals surface area contributed by atoms with Gasteiger partial charge in [0.1, 0.15) is 0 Å². The molecule has 0 fully saturated rings. The smallest absolute Gasteiger partial charge is 0.0619 e. The Balaban J connectivity index is 1.69. The van der Waals surface area contributed by atoms with Crippen molar-refractivity contribution in [2.24, 2.45) is 0 Å². The third kappa shape index (κ3) is 2.07. The van der Waals surface area contributed by atoms with Gasteiger partial charge in [0.05, 0.1) is 5.41 Å². The van der Waals surface area contributed by atoms with Gasteiger partial charge in [-0.15, -0.1) is 0 Å². The van der Waals surface area contributed by atoms with Gasteiger partial charge in [0, 0.05) is 0 Å². The number of fused-ring (bicyclic) bond motifs is 10. The fraction of sp³-hybridized carbons (Fsp3) is 0.0625. The first-order chi connectivity index (χ1) is 15.8. The van der Waals surface area contributed by atoms with Crippen LogP contribution in [-0.2, 0) is 5.41 Å². The van der Waals surface area contributed by atoms with Gasteiger partial charge < -0.3 is 0 Å². The lowest BCUT2D eigenvalue weighted by Crippen LogP contribution is -2.26. The van der Waals surface area contributed by atoms with Crippen molar-refractivity contribution in [2.75, 3.05) is 0 Å². The second kappa shape index (κ2) is 6.31. The van der Waals surface area contributed by atoms with Crippen molar-refractivity contribution in [3.63, 3.8) is 0 Å². The first-order valence-electron chi connectivity index (χ1n) is 11.3. The summed E-state index contributed by atoms with van der Waals surface area (Å²) in [6, 6.07) is 42.8. The van der Waals surface area contributed by atoms with Crippen molar-refractivity contribution in [2.45, 2.75) is 12.3 Å². The molecule has 7 rings (SSSR count). The van der Waals surface area contributed by atoms with E-state index in [1.54, 1.807) is 0 Å². The molecule has 0 heteroatoms. The number of benzene rings is 5. The van der Waals surface area contributed by atoms with Crippen LogP contribution in [0.4, 0.5) is 0 Å². The molecule has 0 unspecified atom stereocenters. The van der Waals surface area contributed by atoms with Crippen LogP contribution in [0.3, 0.4) is 0 Å². The second-order valence-electron chi connectivity index (χ2n) is 8.98. The molecule has 5 aromatic rings. The largest absolute Gasteiger partial charge is 0.0731 e. The van der Waals surface area contributed by atoms with Gasteiger partial charge >= 0.3 is 0 Å². The molecule has 5 aromatic carbocycles. The molecule has 0 amide bonds. The molecule has 0 bridgehead atoms. The summed E-state index contributed by atoms with van der Waals surface area (Å²) in [5, 5.41) is 0. The Labute approximate surface area is 188 Å². The molecule has 150 valence electrons. The van der Waals surface area contributed by atoms with Crippen molar-refractivity contribution in [3.8, 4) is 33.4 Å². The minimum atomic E-state index is -0.291. The molecule has 2 aliphatic rings. The number of rotatable bonds is 1. The average molecular weight is 407 g/mol. The van der Waals surface area contributed by atoms with Gasteiger partial charge in [0.25, 0.3) is 0 Å². The maximum absolute atomic E-state index is 2.34. The van der Waals surface area contributed by atoms with Crippen molar-refractivity contribution < 1.29 is 0 Å². The Morgan fingerprint density at radius 2 is 0.844 bits per heavy atom. The summed E-state index contributed by atoms with van der Waals surface area (Å²) in [4.78, 5) is 0. The van der Waals surface area contributed by atoms with Crippen LogP contribution >= 0.6 is 0 Å². The van der Waals surface area contributed by atoms with E-state index in [0.29, 0.717) is 0 Å². The molecular formula is C32H22. The van der Waals surface area contributed by atoms with Gasteiger partial charge in [-0.2, -0.15) is 0 Å². The van der Waals surface area contributed by atoms with Crippen molar-refractivity contribution in [3.05, 3.63) is 143 Å². The summed E-state index contributed by atoms with van der Waals surface area (Å²) in [6.45, 7) is 2.15. The highest BCUT2D eigenvalue weighted by Gasteiger charge is 2.52.